The van der Waals surface area contributed by atoms with Crippen LogP contribution in [0.2, 0.25) is 0 Å². The second kappa shape index (κ2) is 3.66. The molecular formula is C7H11. The van der Waals surface area contributed by atoms with E-state index in [0.29, 0.717) is 0 Å². The minimum Gasteiger partial charge on any atom is -0.0845 e. The minimum atomic E-state index is 0.877. The van der Waals surface area contributed by atoms with E-state index in [9.17, 15) is 0 Å². The molecule has 1 radical (unpaired) electrons. The molecule has 0 atom stereocenters. The van der Waals surface area contributed by atoms with Crippen molar-refractivity contribution in [2.45, 2.75) is 20.3 Å². The molecule has 0 nitrogen and oxygen atoms in total. The predicted octanol–water partition coefficient (Wildman–Crippen LogP) is 2.33. The van der Waals surface area contributed by atoms with Crippen LogP contribution in [0.5, 0.6) is 0 Å². The molecule has 0 aliphatic heterocycles. The van der Waals surface area contributed by atoms with Gasteiger partial charge in [0.05, 0.1) is 0 Å². The van der Waals surface area contributed by atoms with Gasteiger partial charge in [-0.1, -0.05) is 31.2 Å². The lowest BCUT2D eigenvalue weighted by Crippen LogP contribution is -1.58. The lowest BCUT2D eigenvalue weighted by molar-refractivity contribution is 1.22. The summed E-state index contributed by atoms with van der Waals surface area (Å²) in [5.74, 6) is 0. The van der Waals surface area contributed by atoms with Gasteiger partial charge in [-0.15, -0.1) is 0 Å². The second-order valence-electron chi connectivity index (χ2n) is 1.55. The van der Waals surface area contributed by atoms with E-state index in [0.717, 1.165) is 12.0 Å². The average molecular weight is 95.2 g/mol. The summed E-state index contributed by atoms with van der Waals surface area (Å²) in [7, 11) is 0. The van der Waals surface area contributed by atoms with Gasteiger partial charge in [0.15, 0.2) is 0 Å². The van der Waals surface area contributed by atoms with Crippen LogP contribution in [0, 0.1) is 6.58 Å². The topological polar surface area (TPSA) is 0 Å². The maximum Gasteiger partial charge on any atom is -0.0376 e. The Bertz CT molecular complexity index is 78.0. The largest absolute Gasteiger partial charge is 0.0845 e. The van der Waals surface area contributed by atoms with E-state index in [1.54, 1.807) is 0 Å². The van der Waals surface area contributed by atoms with E-state index in [2.05, 4.69) is 6.92 Å². The second-order valence-corrected chi connectivity index (χ2v) is 1.55. The molecule has 7 heavy (non-hydrogen) atoms. The molecule has 0 heterocycles. The fourth-order valence-electron chi connectivity index (χ4n) is 0.304. The maximum absolute atomic E-state index is 5.31. The highest BCUT2D eigenvalue weighted by Crippen LogP contribution is 1.88. The molecule has 0 unspecified atom stereocenters. The Balaban J connectivity index is 3.26. The minimum absolute atomic E-state index is 0.877. The summed E-state index contributed by atoms with van der Waals surface area (Å²) in [5.41, 5.74) is 0.877. The molecular weight excluding hydrogens is 84.1 g/mol. The zero-order valence-electron chi connectivity index (χ0n) is 4.94. The molecule has 0 aromatic heterocycles. The lowest BCUT2D eigenvalue weighted by Gasteiger charge is -1.79. The molecule has 39 valence electrons. The van der Waals surface area contributed by atoms with Gasteiger partial charge in [-0.2, -0.15) is 0 Å². The summed E-state index contributed by atoms with van der Waals surface area (Å²) in [6.45, 7) is 9.27. The first kappa shape index (κ1) is 6.48. The Hall–Kier alpha value is -0.520. The fraction of sp³-hybridized carbons (Fsp3) is 0.429. The smallest absolute Gasteiger partial charge is 0.0376 e. The van der Waals surface area contributed by atoms with Crippen molar-refractivity contribution in [1.82, 2.24) is 0 Å². The van der Waals surface area contributed by atoms with Gasteiger partial charge in [-0.25, -0.2) is 0 Å². The zero-order valence-corrected chi connectivity index (χ0v) is 4.94. The lowest BCUT2D eigenvalue weighted by atomic mass is 10.3. The third-order valence-corrected chi connectivity index (χ3v) is 0.616. The van der Waals surface area contributed by atoms with E-state index in [1.807, 2.05) is 19.1 Å². The summed E-state index contributed by atoms with van der Waals surface area (Å²) < 4.78 is 0. The summed E-state index contributed by atoms with van der Waals surface area (Å²) in [5, 5.41) is 0. The number of rotatable bonds is 2. The van der Waals surface area contributed by atoms with Gasteiger partial charge in [0.1, 0.15) is 0 Å². The molecule has 0 aromatic carbocycles. The van der Waals surface area contributed by atoms with Crippen LogP contribution in [0.15, 0.2) is 17.7 Å². The molecule has 0 amide bonds. The van der Waals surface area contributed by atoms with E-state index < -0.39 is 0 Å². The molecule has 0 heteroatoms. The van der Waals surface area contributed by atoms with Gasteiger partial charge in [0.25, 0.3) is 0 Å². The summed E-state index contributed by atoms with van der Waals surface area (Å²) >= 11 is 0. The van der Waals surface area contributed by atoms with Crippen LogP contribution in [-0.2, 0) is 0 Å². The van der Waals surface area contributed by atoms with Crippen molar-refractivity contribution in [3.05, 3.63) is 24.3 Å². The highest BCUT2D eigenvalue weighted by molar-refractivity contribution is 5.08. The third-order valence-electron chi connectivity index (χ3n) is 0.616. The van der Waals surface area contributed by atoms with Crippen LogP contribution in [0.3, 0.4) is 0 Å². The Kier molecular flexibility index (Phi) is 3.39. The number of hydrogen-bond acceptors (Lipinski definition) is 0. The van der Waals surface area contributed by atoms with Crippen molar-refractivity contribution in [1.29, 1.82) is 0 Å². The molecule has 0 aliphatic carbocycles. The van der Waals surface area contributed by atoms with Gasteiger partial charge >= 0.3 is 0 Å². The van der Waals surface area contributed by atoms with Crippen LogP contribution in [-0.4, -0.2) is 0 Å². The first-order chi connectivity index (χ1) is 3.27. The fourth-order valence-corrected chi connectivity index (χ4v) is 0.304. The summed E-state index contributed by atoms with van der Waals surface area (Å²) in [6.07, 6.45) is 5.02. The van der Waals surface area contributed by atoms with E-state index in [-0.39, 0.29) is 0 Å². The van der Waals surface area contributed by atoms with E-state index in [4.69, 9.17) is 6.58 Å². The molecule has 0 aliphatic rings. The predicted molar refractivity (Wildman–Crippen MR) is 32.9 cm³/mol. The Morgan fingerprint density at radius 3 is 2.43 bits per heavy atom. The van der Waals surface area contributed by atoms with E-state index in [1.165, 1.54) is 0 Å². The molecule has 0 bridgehead atoms. The van der Waals surface area contributed by atoms with Gasteiger partial charge in [-0.3, -0.25) is 0 Å². The van der Waals surface area contributed by atoms with Gasteiger partial charge < -0.3 is 0 Å². The first-order valence-corrected chi connectivity index (χ1v) is 2.53. The summed E-state index contributed by atoms with van der Waals surface area (Å²) in [6, 6.07) is 0. The van der Waals surface area contributed by atoms with Crippen LogP contribution in [0.25, 0.3) is 0 Å². The SMILES string of the molecule is [CH]=C(C)C=CCC. The Morgan fingerprint density at radius 2 is 2.29 bits per heavy atom. The Labute approximate surface area is 45.5 Å². The van der Waals surface area contributed by atoms with Crippen LogP contribution >= 0.6 is 0 Å². The van der Waals surface area contributed by atoms with Crippen molar-refractivity contribution in [2.75, 3.05) is 0 Å². The first-order valence-electron chi connectivity index (χ1n) is 2.53. The highest BCUT2D eigenvalue weighted by atomic mass is 13.7. The molecule has 0 saturated carbocycles. The van der Waals surface area contributed by atoms with Crippen molar-refractivity contribution in [3.8, 4) is 0 Å². The van der Waals surface area contributed by atoms with Gasteiger partial charge in [0, 0.05) is 0 Å². The van der Waals surface area contributed by atoms with Crippen molar-refractivity contribution < 1.29 is 0 Å². The highest BCUT2D eigenvalue weighted by Gasteiger charge is 1.68. The van der Waals surface area contributed by atoms with Crippen LogP contribution < -0.4 is 0 Å². The number of allylic oxidation sites excluding steroid dienone is 3. The molecule has 0 fully saturated rings. The van der Waals surface area contributed by atoms with Crippen LogP contribution in [0.4, 0.5) is 0 Å². The third kappa shape index (κ3) is 5.48. The maximum atomic E-state index is 5.31. The molecule has 0 saturated heterocycles. The molecule has 0 rings (SSSR count). The molecule has 0 N–H and O–H groups in total. The van der Waals surface area contributed by atoms with Crippen molar-refractivity contribution in [2.24, 2.45) is 0 Å². The van der Waals surface area contributed by atoms with Crippen molar-refractivity contribution >= 4 is 0 Å². The normalized spacial score (nSPS) is 10.0. The molecule has 0 spiro atoms. The van der Waals surface area contributed by atoms with Crippen LogP contribution in [0.1, 0.15) is 20.3 Å². The molecule has 0 aromatic rings. The Morgan fingerprint density at radius 1 is 1.71 bits per heavy atom. The van der Waals surface area contributed by atoms with Gasteiger partial charge in [0.2, 0.25) is 0 Å². The van der Waals surface area contributed by atoms with Gasteiger partial charge in [-0.05, 0) is 13.3 Å². The monoisotopic (exact) mass is 95.1 g/mol. The zero-order chi connectivity index (χ0) is 5.70. The van der Waals surface area contributed by atoms with E-state index >= 15 is 0 Å². The standard InChI is InChI=1S/C7H11/c1-4-5-6-7(2)3/h2,5-6H,4H2,1,3H3. The average Bonchev–Trinajstić information content (AvgIpc) is 1.61. The number of hydrogen-bond donors (Lipinski definition) is 0. The summed E-state index contributed by atoms with van der Waals surface area (Å²) in [4.78, 5) is 0. The van der Waals surface area contributed by atoms with Crippen molar-refractivity contribution in [3.63, 3.8) is 0 Å². The quantitative estimate of drug-likeness (QED) is 0.462.